The SMILES string of the molecule is COCCCOCCOc1cc(C)ccc1CN. The Kier molecular flexibility index (Phi) is 7.41. The lowest BCUT2D eigenvalue weighted by atomic mass is 10.1. The topological polar surface area (TPSA) is 53.7 Å². The minimum atomic E-state index is 0.490. The number of nitrogens with two attached hydrogens (primary N) is 1. The maximum Gasteiger partial charge on any atom is 0.124 e. The van der Waals surface area contributed by atoms with Gasteiger partial charge < -0.3 is 19.9 Å². The normalized spacial score (nSPS) is 10.6. The summed E-state index contributed by atoms with van der Waals surface area (Å²) >= 11 is 0. The fourth-order valence-electron chi connectivity index (χ4n) is 1.58. The average molecular weight is 253 g/mol. The van der Waals surface area contributed by atoms with E-state index in [-0.39, 0.29) is 0 Å². The smallest absolute Gasteiger partial charge is 0.124 e. The first-order valence-corrected chi connectivity index (χ1v) is 6.27. The molecular weight excluding hydrogens is 230 g/mol. The van der Waals surface area contributed by atoms with Gasteiger partial charge in [0.15, 0.2) is 0 Å². The Hall–Kier alpha value is -1.10. The maximum absolute atomic E-state index is 5.68. The van der Waals surface area contributed by atoms with Crippen LogP contribution < -0.4 is 10.5 Å². The van der Waals surface area contributed by atoms with Crippen LogP contribution in [0.15, 0.2) is 18.2 Å². The highest BCUT2D eigenvalue weighted by Crippen LogP contribution is 2.19. The summed E-state index contributed by atoms with van der Waals surface area (Å²) < 4.78 is 16.0. The molecule has 18 heavy (non-hydrogen) atoms. The predicted molar refractivity (Wildman–Crippen MR) is 71.9 cm³/mol. The van der Waals surface area contributed by atoms with Crippen LogP contribution in [0.5, 0.6) is 5.75 Å². The number of rotatable bonds is 9. The van der Waals surface area contributed by atoms with Crippen molar-refractivity contribution in [2.24, 2.45) is 5.73 Å². The lowest BCUT2D eigenvalue weighted by Crippen LogP contribution is -2.10. The number of ether oxygens (including phenoxy) is 3. The van der Waals surface area contributed by atoms with E-state index in [4.69, 9.17) is 19.9 Å². The van der Waals surface area contributed by atoms with E-state index in [0.29, 0.717) is 26.4 Å². The molecule has 0 heterocycles. The highest BCUT2D eigenvalue weighted by Gasteiger charge is 2.02. The van der Waals surface area contributed by atoms with Crippen LogP contribution in [0.4, 0.5) is 0 Å². The van der Waals surface area contributed by atoms with Gasteiger partial charge in [-0.25, -0.2) is 0 Å². The van der Waals surface area contributed by atoms with Crippen LogP contribution in [0, 0.1) is 6.92 Å². The summed E-state index contributed by atoms with van der Waals surface area (Å²) in [5, 5.41) is 0. The second-order valence-corrected chi connectivity index (χ2v) is 4.12. The molecule has 0 spiro atoms. The van der Waals surface area contributed by atoms with Crippen molar-refractivity contribution in [3.63, 3.8) is 0 Å². The third-order valence-electron chi connectivity index (χ3n) is 2.56. The van der Waals surface area contributed by atoms with Crippen molar-refractivity contribution in [3.8, 4) is 5.75 Å². The molecule has 0 saturated heterocycles. The summed E-state index contributed by atoms with van der Waals surface area (Å²) in [5.74, 6) is 0.859. The van der Waals surface area contributed by atoms with Gasteiger partial charge in [0.1, 0.15) is 12.4 Å². The summed E-state index contributed by atoms with van der Waals surface area (Å²) in [5.41, 5.74) is 7.86. The van der Waals surface area contributed by atoms with Gasteiger partial charge in [-0.1, -0.05) is 12.1 Å². The van der Waals surface area contributed by atoms with Crippen LogP contribution in [0.3, 0.4) is 0 Å². The molecule has 1 rings (SSSR count). The van der Waals surface area contributed by atoms with Crippen LogP contribution in [0.1, 0.15) is 17.5 Å². The van der Waals surface area contributed by atoms with Crippen molar-refractivity contribution in [3.05, 3.63) is 29.3 Å². The molecule has 0 aliphatic rings. The van der Waals surface area contributed by atoms with Crippen molar-refractivity contribution < 1.29 is 14.2 Å². The van der Waals surface area contributed by atoms with Crippen molar-refractivity contribution in [1.82, 2.24) is 0 Å². The zero-order chi connectivity index (χ0) is 13.2. The van der Waals surface area contributed by atoms with Gasteiger partial charge in [-0.05, 0) is 25.0 Å². The fourth-order valence-corrected chi connectivity index (χ4v) is 1.58. The largest absolute Gasteiger partial charge is 0.491 e. The van der Waals surface area contributed by atoms with Crippen molar-refractivity contribution in [2.75, 3.05) is 33.5 Å². The summed E-state index contributed by atoms with van der Waals surface area (Å²) in [7, 11) is 1.69. The van der Waals surface area contributed by atoms with E-state index in [0.717, 1.165) is 24.3 Å². The highest BCUT2D eigenvalue weighted by atomic mass is 16.5. The molecule has 0 aliphatic heterocycles. The van der Waals surface area contributed by atoms with E-state index < -0.39 is 0 Å². The average Bonchev–Trinajstić information content (AvgIpc) is 2.38. The number of methoxy groups -OCH3 is 1. The van der Waals surface area contributed by atoms with Crippen LogP contribution in [0.25, 0.3) is 0 Å². The molecule has 0 unspecified atom stereocenters. The molecular formula is C14H23NO3. The summed E-state index contributed by atoms with van der Waals surface area (Å²) in [6, 6.07) is 6.05. The molecule has 0 saturated carbocycles. The molecule has 0 atom stereocenters. The van der Waals surface area contributed by atoms with Gasteiger partial charge in [-0.15, -0.1) is 0 Å². The number of hydrogen-bond acceptors (Lipinski definition) is 4. The summed E-state index contributed by atoms with van der Waals surface area (Å²) in [4.78, 5) is 0. The molecule has 4 nitrogen and oxygen atoms in total. The zero-order valence-corrected chi connectivity index (χ0v) is 11.3. The van der Waals surface area contributed by atoms with Crippen LogP contribution in [-0.4, -0.2) is 33.5 Å². The van der Waals surface area contributed by atoms with Crippen LogP contribution in [-0.2, 0) is 16.0 Å². The standard InChI is InChI=1S/C14H23NO3/c1-12-4-5-13(11-15)14(10-12)18-9-8-17-7-3-6-16-2/h4-5,10H,3,6-9,11,15H2,1-2H3. The molecule has 1 aromatic carbocycles. The van der Waals surface area contributed by atoms with Gasteiger partial charge in [0.2, 0.25) is 0 Å². The number of aryl methyl sites for hydroxylation is 1. The summed E-state index contributed by atoms with van der Waals surface area (Å²) in [6.45, 7) is 5.09. The predicted octanol–water partition coefficient (Wildman–Crippen LogP) is 1.89. The molecule has 0 fully saturated rings. The van der Waals surface area contributed by atoms with Crippen molar-refractivity contribution >= 4 is 0 Å². The van der Waals surface area contributed by atoms with Crippen LogP contribution >= 0.6 is 0 Å². The van der Waals surface area contributed by atoms with Gasteiger partial charge in [0.25, 0.3) is 0 Å². The lowest BCUT2D eigenvalue weighted by Gasteiger charge is -2.11. The molecule has 0 aromatic heterocycles. The molecule has 1 aromatic rings. The monoisotopic (exact) mass is 253 g/mol. The second-order valence-electron chi connectivity index (χ2n) is 4.12. The van der Waals surface area contributed by atoms with E-state index in [9.17, 15) is 0 Å². The molecule has 2 N–H and O–H groups in total. The first-order valence-electron chi connectivity index (χ1n) is 6.27. The third kappa shape index (κ3) is 5.49. The van der Waals surface area contributed by atoms with Crippen LogP contribution in [0.2, 0.25) is 0 Å². The first-order chi connectivity index (χ1) is 8.77. The van der Waals surface area contributed by atoms with E-state index in [1.807, 2.05) is 25.1 Å². The molecule has 102 valence electrons. The van der Waals surface area contributed by atoms with E-state index in [1.165, 1.54) is 5.56 Å². The number of benzene rings is 1. The van der Waals surface area contributed by atoms with E-state index >= 15 is 0 Å². The molecule has 0 aliphatic carbocycles. The quantitative estimate of drug-likeness (QED) is 0.683. The Morgan fingerprint density at radius 1 is 1.11 bits per heavy atom. The first kappa shape index (κ1) is 15.0. The molecule has 0 bridgehead atoms. The second kappa shape index (κ2) is 8.91. The van der Waals surface area contributed by atoms with Crippen molar-refractivity contribution in [2.45, 2.75) is 19.9 Å². The van der Waals surface area contributed by atoms with E-state index in [2.05, 4.69) is 0 Å². The molecule has 0 radical (unpaired) electrons. The van der Waals surface area contributed by atoms with Gasteiger partial charge in [-0.3, -0.25) is 0 Å². The minimum absolute atomic E-state index is 0.490. The Morgan fingerprint density at radius 3 is 2.67 bits per heavy atom. The molecule has 0 amide bonds. The summed E-state index contributed by atoms with van der Waals surface area (Å²) in [6.07, 6.45) is 0.912. The minimum Gasteiger partial charge on any atom is -0.491 e. The Labute approximate surface area is 109 Å². The maximum atomic E-state index is 5.68. The fraction of sp³-hybridized carbons (Fsp3) is 0.571. The lowest BCUT2D eigenvalue weighted by molar-refractivity contribution is 0.0804. The Morgan fingerprint density at radius 2 is 1.94 bits per heavy atom. The highest BCUT2D eigenvalue weighted by molar-refractivity contribution is 5.36. The van der Waals surface area contributed by atoms with Gasteiger partial charge in [0, 0.05) is 32.4 Å². The van der Waals surface area contributed by atoms with Gasteiger partial charge >= 0.3 is 0 Å². The Bertz CT molecular complexity index is 342. The zero-order valence-electron chi connectivity index (χ0n) is 11.3. The van der Waals surface area contributed by atoms with E-state index in [1.54, 1.807) is 7.11 Å². The number of hydrogen-bond donors (Lipinski definition) is 1. The third-order valence-corrected chi connectivity index (χ3v) is 2.56. The Balaban J connectivity index is 2.24. The van der Waals surface area contributed by atoms with Crippen molar-refractivity contribution in [1.29, 1.82) is 0 Å². The van der Waals surface area contributed by atoms with Gasteiger partial charge in [-0.2, -0.15) is 0 Å². The molecule has 4 heteroatoms. The van der Waals surface area contributed by atoms with Gasteiger partial charge in [0.05, 0.1) is 6.61 Å².